The van der Waals surface area contributed by atoms with E-state index < -0.39 is 0 Å². The fourth-order valence-electron chi connectivity index (χ4n) is 6.74. The Balaban J connectivity index is 0.000000251. The number of methoxy groups -OCH3 is 4. The zero-order valence-electron chi connectivity index (χ0n) is 32.7. The van der Waals surface area contributed by atoms with Gasteiger partial charge in [0.15, 0.2) is 34.6 Å². The lowest BCUT2D eigenvalue weighted by Crippen LogP contribution is -2.38. The van der Waals surface area contributed by atoms with Gasteiger partial charge in [0.2, 0.25) is 0 Å². The van der Waals surface area contributed by atoms with Crippen LogP contribution in [0.2, 0.25) is 0 Å². The van der Waals surface area contributed by atoms with Gasteiger partial charge in [-0.1, -0.05) is 62.9 Å². The zero-order valence-corrected chi connectivity index (χ0v) is 32.7. The molecule has 0 bridgehead atoms. The minimum atomic E-state index is -0.299. The predicted octanol–water partition coefficient (Wildman–Crippen LogP) is 9.07. The van der Waals surface area contributed by atoms with Crippen LogP contribution in [0.5, 0.6) is 23.0 Å². The Kier molecular flexibility index (Phi) is 16.1. The highest BCUT2D eigenvalue weighted by atomic mass is 19.1. The van der Waals surface area contributed by atoms with E-state index >= 15 is 0 Å². The minimum absolute atomic E-state index is 0. The summed E-state index contributed by atoms with van der Waals surface area (Å²) in [5.41, 5.74) is 5.94. The van der Waals surface area contributed by atoms with Gasteiger partial charge < -0.3 is 18.9 Å². The minimum Gasteiger partial charge on any atom is -0.493 e. The molecular formula is C47H52F2N2O6. The molecule has 4 aromatic carbocycles. The molecule has 2 aliphatic rings. The number of nitrogens with zero attached hydrogens (tertiary/aromatic N) is 2. The predicted molar refractivity (Wildman–Crippen MR) is 225 cm³/mol. The van der Waals surface area contributed by atoms with Gasteiger partial charge >= 0.3 is 0 Å². The highest BCUT2D eigenvalue weighted by Gasteiger charge is 2.27. The fourth-order valence-corrected chi connectivity index (χ4v) is 6.74. The van der Waals surface area contributed by atoms with Crippen molar-refractivity contribution in [2.45, 2.75) is 20.8 Å². The molecule has 0 aromatic heterocycles. The van der Waals surface area contributed by atoms with Crippen molar-refractivity contribution in [2.24, 2.45) is 0 Å². The van der Waals surface area contributed by atoms with Crippen molar-refractivity contribution in [1.29, 1.82) is 0 Å². The summed E-state index contributed by atoms with van der Waals surface area (Å²) in [6.45, 7) is 5.23. The van der Waals surface area contributed by atoms with E-state index in [1.54, 1.807) is 52.7 Å². The van der Waals surface area contributed by atoms with Gasteiger partial charge in [0.1, 0.15) is 11.6 Å². The molecule has 0 atom stereocenters. The average molecular weight is 779 g/mol. The summed E-state index contributed by atoms with van der Waals surface area (Å²) >= 11 is 0. The molecule has 4 aromatic rings. The number of likely N-dealkylation sites (N-methyl/N-ethyl adjacent to an activating group) is 1. The highest BCUT2D eigenvalue weighted by molar-refractivity contribution is 6.15. The summed E-state index contributed by atoms with van der Waals surface area (Å²) in [5, 5.41) is 0. The van der Waals surface area contributed by atoms with Crippen LogP contribution < -0.4 is 18.9 Å². The van der Waals surface area contributed by atoms with Crippen LogP contribution in [-0.4, -0.2) is 89.6 Å². The Bertz CT molecular complexity index is 1990. The number of ether oxygens (including phenoxy) is 4. The first-order chi connectivity index (χ1) is 27.1. The third-order valence-electron chi connectivity index (χ3n) is 9.32. The molecule has 6 rings (SSSR count). The molecule has 8 nitrogen and oxygen atoms in total. The lowest BCUT2D eigenvalue weighted by atomic mass is 9.94. The molecule has 0 spiro atoms. The normalized spacial score (nSPS) is 17.6. The van der Waals surface area contributed by atoms with Crippen molar-refractivity contribution in [3.63, 3.8) is 0 Å². The lowest BCUT2D eigenvalue weighted by molar-refractivity contribution is -0.114. The molecule has 2 heterocycles. The van der Waals surface area contributed by atoms with Crippen LogP contribution in [0.3, 0.4) is 0 Å². The van der Waals surface area contributed by atoms with E-state index in [0.29, 0.717) is 71.5 Å². The van der Waals surface area contributed by atoms with Gasteiger partial charge in [-0.05, 0) is 91.8 Å². The molecule has 10 heteroatoms. The Morgan fingerprint density at radius 2 is 0.947 bits per heavy atom. The molecular weight excluding hydrogens is 727 g/mol. The standard InChI is InChI=1S/C24H27NO5.C22H21F2NO.CH4/c1-25-14-18(12-16-8-6-10-20(27-2)23(16)29-4)22(26)19(15-25)13-17-9-7-11-21(28-3)24(17)30-5;1-2-11-25-14-18(12-16-3-7-20(23)8-4-16)22(26)19(15-25)13-17-5-9-21(24)10-6-17;/h6-13H,14-15H2,1-5H3;3-10,12-13H,2,11,14-15H2,1H3;1H4/b2*18-12+,19-13+;. The molecule has 300 valence electrons. The number of hydrogen-bond acceptors (Lipinski definition) is 8. The van der Waals surface area contributed by atoms with Crippen molar-refractivity contribution < 1.29 is 37.3 Å². The molecule has 0 aliphatic carbocycles. The number of Topliss-reactive ketones (excluding diaryl/α,β-unsaturated/α-hetero) is 2. The van der Waals surface area contributed by atoms with Crippen LogP contribution in [-0.2, 0) is 9.59 Å². The number of benzene rings is 4. The Hall–Kier alpha value is -5.84. The Morgan fingerprint density at radius 3 is 1.30 bits per heavy atom. The second-order valence-electron chi connectivity index (χ2n) is 13.5. The summed E-state index contributed by atoms with van der Waals surface area (Å²) in [6.07, 6.45) is 8.37. The number of likely N-dealkylation sites (tertiary alicyclic amines) is 2. The summed E-state index contributed by atoms with van der Waals surface area (Å²) in [6, 6.07) is 23.4. The van der Waals surface area contributed by atoms with Crippen LogP contribution in [0, 0.1) is 11.6 Å². The van der Waals surface area contributed by atoms with Gasteiger partial charge in [0.25, 0.3) is 0 Å². The summed E-state index contributed by atoms with van der Waals surface area (Å²) in [5.74, 6) is 1.86. The number of carbonyl (C=O) groups excluding carboxylic acids is 2. The number of halogens is 2. The second-order valence-corrected chi connectivity index (χ2v) is 13.5. The average Bonchev–Trinajstić information content (AvgIpc) is 3.20. The first kappa shape index (κ1) is 43.9. The van der Waals surface area contributed by atoms with E-state index in [2.05, 4.69) is 16.7 Å². The third kappa shape index (κ3) is 11.4. The van der Waals surface area contributed by atoms with Gasteiger partial charge in [-0.3, -0.25) is 19.4 Å². The first-order valence-corrected chi connectivity index (χ1v) is 18.3. The van der Waals surface area contributed by atoms with Gasteiger partial charge in [-0.25, -0.2) is 8.78 Å². The highest BCUT2D eigenvalue weighted by Crippen LogP contribution is 2.35. The second kappa shape index (κ2) is 20.9. The summed E-state index contributed by atoms with van der Waals surface area (Å²) in [7, 11) is 8.36. The van der Waals surface area contributed by atoms with Gasteiger partial charge in [-0.15, -0.1) is 0 Å². The van der Waals surface area contributed by atoms with Crippen molar-refractivity contribution >= 4 is 35.9 Å². The van der Waals surface area contributed by atoms with E-state index in [1.807, 2.05) is 67.7 Å². The first-order valence-electron chi connectivity index (χ1n) is 18.3. The third-order valence-corrected chi connectivity index (χ3v) is 9.32. The number of rotatable bonds is 10. The van der Waals surface area contributed by atoms with E-state index in [-0.39, 0.29) is 30.6 Å². The van der Waals surface area contributed by atoms with Crippen LogP contribution >= 0.6 is 0 Å². The number of carbonyl (C=O) groups is 2. The smallest absolute Gasteiger partial charge is 0.187 e. The van der Waals surface area contributed by atoms with Crippen molar-refractivity contribution in [2.75, 3.05) is 68.2 Å². The van der Waals surface area contributed by atoms with Crippen molar-refractivity contribution in [1.82, 2.24) is 9.80 Å². The number of ketones is 2. The maximum absolute atomic E-state index is 13.3. The van der Waals surface area contributed by atoms with Gasteiger partial charge in [0.05, 0.1) is 28.4 Å². The monoisotopic (exact) mass is 778 g/mol. The lowest BCUT2D eigenvalue weighted by Gasteiger charge is -2.29. The van der Waals surface area contributed by atoms with Crippen LogP contribution in [0.15, 0.2) is 107 Å². The maximum Gasteiger partial charge on any atom is 0.187 e. The Morgan fingerprint density at radius 1 is 0.561 bits per heavy atom. The van der Waals surface area contributed by atoms with E-state index in [0.717, 1.165) is 35.2 Å². The van der Waals surface area contributed by atoms with Crippen molar-refractivity contribution in [3.8, 4) is 23.0 Å². The summed E-state index contributed by atoms with van der Waals surface area (Å²) < 4.78 is 48.0. The van der Waals surface area contributed by atoms with Crippen LogP contribution in [0.4, 0.5) is 8.78 Å². The quantitative estimate of drug-likeness (QED) is 0.148. The van der Waals surface area contributed by atoms with E-state index in [9.17, 15) is 18.4 Å². The number of para-hydroxylation sites is 2. The zero-order chi connectivity index (χ0) is 40.2. The van der Waals surface area contributed by atoms with Gasteiger partial charge in [-0.2, -0.15) is 0 Å². The maximum atomic E-state index is 13.3. The molecule has 2 aliphatic heterocycles. The molecule has 0 radical (unpaired) electrons. The number of piperidine rings is 2. The molecule has 0 amide bonds. The fraction of sp³-hybridized carbons (Fsp3) is 0.277. The van der Waals surface area contributed by atoms with Crippen LogP contribution in [0.25, 0.3) is 24.3 Å². The topological polar surface area (TPSA) is 77.5 Å². The Labute approximate surface area is 335 Å². The van der Waals surface area contributed by atoms with E-state index in [1.165, 1.54) is 24.3 Å². The molecule has 0 N–H and O–H groups in total. The SMILES string of the molecule is C.CCCN1C/C(=C\c2ccc(F)cc2)C(=O)/C(=C/c2ccc(F)cc2)C1.COc1cccc(/C=C2\CN(C)C/C(=C\c3cccc(OC)c3OC)C2=O)c1OC. The molecule has 2 saturated heterocycles. The summed E-state index contributed by atoms with van der Waals surface area (Å²) in [4.78, 5) is 30.5. The molecule has 0 unspecified atom stereocenters. The molecule has 57 heavy (non-hydrogen) atoms. The van der Waals surface area contributed by atoms with Crippen LogP contribution in [0.1, 0.15) is 43.0 Å². The molecule has 2 fully saturated rings. The molecule has 0 saturated carbocycles. The van der Waals surface area contributed by atoms with Crippen molar-refractivity contribution in [3.05, 3.63) is 141 Å². The number of hydrogen-bond donors (Lipinski definition) is 0. The largest absolute Gasteiger partial charge is 0.493 e. The van der Waals surface area contributed by atoms with Gasteiger partial charge in [0, 0.05) is 59.6 Å². The van der Waals surface area contributed by atoms with E-state index in [4.69, 9.17) is 18.9 Å².